The first-order chi connectivity index (χ1) is 11.1. The minimum absolute atomic E-state index is 0.0730. The van der Waals surface area contributed by atoms with Crippen molar-refractivity contribution in [1.29, 1.82) is 5.26 Å². The van der Waals surface area contributed by atoms with Gasteiger partial charge in [0.2, 0.25) is 0 Å². The highest BCUT2D eigenvalue weighted by Gasteiger charge is 2.33. The van der Waals surface area contributed by atoms with E-state index in [1.807, 2.05) is 13.0 Å². The first-order valence-corrected chi connectivity index (χ1v) is 7.35. The zero-order valence-corrected chi connectivity index (χ0v) is 13.0. The summed E-state index contributed by atoms with van der Waals surface area (Å²) in [5.74, 6) is 1.24. The maximum absolute atomic E-state index is 14.1. The number of ether oxygens (including phenoxy) is 1. The standard InChI is InChI=1S/C15H17FN6O/c1-9-19-14(21-20-9)11-3-4-23-13(11)8-22(2)15-12(16)5-10(6-17)7-18-15/h5,7,11,13H,3-4,8H2,1-2H3,(H,19,20,21)/t11-,13-/m1/s1. The van der Waals surface area contributed by atoms with Gasteiger partial charge in [-0.3, -0.25) is 5.10 Å². The summed E-state index contributed by atoms with van der Waals surface area (Å²) in [6, 6.07) is 3.06. The highest BCUT2D eigenvalue weighted by Crippen LogP contribution is 2.30. The monoisotopic (exact) mass is 316 g/mol. The number of halogens is 1. The van der Waals surface area contributed by atoms with E-state index in [0.717, 1.165) is 18.1 Å². The lowest BCUT2D eigenvalue weighted by atomic mass is 10.0. The normalized spacial score (nSPS) is 20.4. The summed E-state index contributed by atoms with van der Waals surface area (Å²) in [5, 5.41) is 15.8. The average Bonchev–Trinajstić information content (AvgIpc) is 3.15. The fraction of sp³-hybridized carbons (Fsp3) is 0.467. The number of aryl methyl sites for hydroxylation is 1. The molecule has 2 aromatic rings. The Kier molecular flexibility index (Phi) is 4.21. The van der Waals surface area contributed by atoms with Crippen LogP contribution in [0.3, 0.4) is 0 Å². The van der Waals surface area contributed by atoms with Crippen LogP contribution < -0.4 is 4.90 Å². The lowest BCUT2D eigenvalue weighted by molar-refractivity contribution is 0.108. The number of nitrogens with zero attached hydrogens (tertiary/aromatic N) is 5. The summed E-state index contributed by atoms with van der Waals surface area (Å²) < 4.78 is 19.8. The quantitative estimate of drug-likeness (QED) is 0.920. The van der Waals surface area contributed by atoms with Crippen LogP contribution in [0.2, 0.25) is 0 Å². The van der Waals surface area contributed by atoms with Crippen molar-refractivity contribution in [3.63, 3.8) is 0 Å². The third-order valence-electron chi connectivity index (χ3n) is 3.92. The molecule has 1 fully saturated rings. The summed E-state index contributed by atoms with van der Waals surface area (Å²) in [4.78, 5) is 10.1. The molecule has 3 rings (SSSR count). The minimum Gasteiger partial charge on any atom is -0.376 e. The molecular weight excluding hydrogens is 299 g/mol. The molecular formula is C15H17FN6O. The molecule has 1 saturated heterocycles. The highest BCUT2D eigenvalue weighted by molar-refractivity contribution is 5.43. The van der Waals surface area contributed by atoms with Crippen molar-refractivity contribution >= 4 is 5.82 Å². The molecule has 0 radical (unpaired) electrons. The third-order valence-corrected chi connectivity index (χ3v) is 3.92. The molecule has 23 heavy (non-hydrogen) atoms. The van der Waals surface area contributed by atoms with Crippen LogP contribution in [-0.2, 0) is 4.74 Å². The van der Waals surface area contributed by atoms with Crippen LogP contribution in [0.25, 0.3) is 0 Å². The van der Waals surface area contributed by atoms with Gasteiger partial charge in [0.1, 0.15) is 11.9 Å². The van der Waals surface area contributed by atoms with Gasteiger partial charge in [-0.2, -0.15) is 10.4 Å². The van der Waals surface area contributed by atoms with E-state index in [4.69, 9.17) is 10.00 Å². The molecule has 0 saturated carbocycles. The van der Waals surface area contributed by atoms with Gasteiger partial charge < -0.3 is 9.64 Å². The van der Waals surface area contributed by atoms with E-state index in [2.05, 4.69) is 20.2 Å². The van der Waals surface area contributed by atoms with Crippen molar-refractivity contribution in [2.24, 2.45) is 0 Å². The first kappa shape index (κ1) is 15.4. The van der Waals surface area contributed by atoms with Gasteiger partial charge in [0.15, 0.2) is 17.5 Å². The van der Waals surface area contributed by atoms with E-state index in [1.165, 1.54) is 12.3 Å². The number of aromatic amines is 1. The minimum atomic E-state index is -0.519. The number of H-pyrrole nitrogens is 1. The number of aromatic nitrogens is 4. The highest BCUT2D eigenvalue weighted by atomic mass is 19.1. The zero-order chi connectivity index (χ0) is 16.4. The van der Waals surface area contributed by atoms with Crippen molar-refractivity contribution < 1.29 is 9.13 Å². The molecule has 0 spiro atoms. The van der Waals surface area contributed by atoms with Gasteiger partial charge in [0.05, 0.1) is 17.6 Å². The Morgan fingerprint density at radius 1 is 1.57 bits per heavy atom. The zero-order valence-electron chi connectivity index (χ0n) is 13.0. The molecule has 1 N–H and O–H groups in total. The number of likely N-dealkylation sites (N-methyl/N-ethyl adjacent to an activating group) is 1. The lowest BCUT2D eigenvalue weighted by Gasteiger charge is -2.24. The average molecular weight is 316 g/mol. The van der Waals surface area contributed by atoms with Crippen molar-refractivity contribution in [2.45, 2.75) is 25.4 Å². The number of hydrogen-bond donors (Lipinski definition) is 1. The van der Waals surface area contributed by atoms with Crippen molar-refractivity contribution in [2.75, 3.05) is 25.1 Å². The summed E-state index contributed by atoms with van der Waals surface area (Å²) in [5.41, 5.74) is 0.200. The second-order valence-corrected chi connectivity index (χ2v) is 5.61. The Morgan fingerprint density at radius 2 is 2.39 bits per heavy atom. The molecule has 1 aliphatic rings. The fourth-order valence-electron chi connectivity index (χ4n) is 2.78. The second-order valence-electron chi connectivity index (χ2n) is 5.61. The molecule has 120 valence electrons. The molecule has 2 aromatic heterocycles. The van der Waals surface area contributed by atoms with Gasteiger partial charge in [0.25, 0.3) is 0 Å². The fourth-order valence-corrected chi connectivity index (χ4v) is 2.78. The van der Waals surface area contributed by atoms with Crippen LogP contribution in [0.4, 0.5) is 10.2 Å². The van der Waals surface area contributed by atoms with Crippen LogP contribution in [0.15, 0.2) is 12.3 Å². The largest absolute Gasteiger partial charge is 0.376 e. The molecule has 0 bridgehead atoms. The molecule has 1 aliphatic heterocycles. The smallest absolute Gasteiger partial charge is 0.166 e. The van der Waals surface area contributed by atoms with E-state index >= 15 is 0 Å². The molecule has 7 nitrogen and oxygen atoms in total. The number of nitrogens with one attached hydrogen (secondary N) is 1. The van der Waals surface area contributed by atoms with Crippen LogP contribution in [0.1, 0.15) is 29.6 Å². The number of anilines is 1. The van der Waals surface area contributed by atoms with Gasteiger partial charge >= 0.3 is 0 Å². The van der Waals surface area contributed by atoms with E-state index in [0.29, 0.717) is 13.2 Å². The summed E-state index contributed by atoms with van der Waals surface area (Å²) in [6.45, 7) is 2.94. The Bertz CT molecular complexity index is 740. The molecule has 0 aliphatic carbocycles. The van der Waals surface area contributed by atoms with Crippen LogP contribution in [0.5, 0.6) is 0 Å². The van der Waals surface area contributed by atoms with Crippen LogP contribution >= 0.6 is 0 Å². The summed E-state index contributed by atoms with van der Waals surface area (Å²) >= 11 is 0. The van der Waals surface area contributed by atoms with Gasteiger partial charge in [-0.15, -0.1) is 0 Å². The summed E-state index contributed by atoms with van der Waals surface area (Å²) in [6.07, 6.45) is 2.06. The Balaban J connectivity index is 1.74. The molecule has 2 atom stereocenters. The number of nitriles is 1. The predicted octanol–water partition coefficient (Wildman–Crippen LogP) is 1.53. The van der Waals surface area contributed by atoms with Gasteiger partial charge in [0, 0.05) is 26.4 Å². The van der Waals surface area contributed by atoms with E-state index in [9.17, 15) is 4.39 Å². The Hall–Kier alpha value is -2.53. The Morgan fingerprint density at radius 3 is 3.04 bits per heavy atom. The molecule has 8 heteroatoms. The molecule has 0 aromatic carbocycles. The van der Waals surface area contributed by atoms with E-state index in [1.54, 1.807) is 11.9 Å². The lowest BCUT2D eigenvalue weighted by Crippen LogP contribution is -2.33. The number of hydrogen-bond acceptors (Lipinski definition) is 6. The second kappa shape index (κ2) is 6.30. The van der Waals surface area contributed by atoms with Crippen molar-refractivity contribution in [3.05, 3.63) is 35.3 Å². The SMILES string of the molecule is Cc1nc([C@@H]2CCO[C@@H]2CN(C)c2ncc(C#N)cc2F)n[nH]1. The molecule has 0 unspecified atom stereocenters. The third kappa shape index (κ3) is 3.14. The molecule has 0 amide bonds. The number of pyridine rings is 1. The predicted molar refractivity (Wildman–Crippen MR) is 80.4 cm³/mol. The maximum atomic E-state index is 14.1. The first-order valence-electron chi connectivity index (χ1n) is 7.35. The van der Waals surface area contributed by atoms with Gasteiger partial charge in [-0.05, 0) is 19.4 Å². The topological polar surface area (TPSA) is 90.7 Å². The van der Waals surface area contributed by atoms with Gasteiger partial charge in [-0.1, -0.05) is 0 Å². The van der Waals surface area contributed by atoms with Gasteiger partial charge in [-0.25, -0.2) is 14.4 Å². The van der Waals surface area contributed by atoms with E-state index < -0.39 is 5.82 Å². The number of rotatable bonds is 4. The summed E-state index contributed by atoms with van der Waals surface area (Å²) in [7, 11) is 1.75. The maximum Gasteiger partial charge on any atom is 0.166 e. The van der Waals surface area contributed by atoms with Crippen LogP contribution in [-0.4, -0.2) is 46.5 Å². The van der Waals surface area contributed by atoms with Crippen molar-refractivity contribution in [1.82, 2.24) is 20.2 Å². The molecule has 3 heterocycles. The van der Waals surface area contributed by atoms with Crippen LogP contribution in [0, 0.1) is 24.1 Å². The Labute approximate surface area is 133 Å². The van der Waals surface area contributed by atoms with E-state index in [-0.39, 0.29) is 23.4 Å². The van der Waals surface area contributed by atoms with Crippen molar-refractivity contribution in [3.8, 4) is 6.07 Å².